The average molecular weight is 184 g/mol. The van der Waals surface area contributed by atoms with Crippen LogP contribution in [0, 0.1) is 0 Å². The first-order valence-electron chi connectivity index (χ1n) is 3.33. The maximum Gasteiger partial charge on any atom is 0.348 e. The zero-order valence-electron chi connectivity index (χ0n) is 6.79. The number of Topliss-reactive ketones (excluding diaryl/α,β-unsaturated/α-hetero) is 1. The van der Waals surface area contributed by atoms with E-state index in [4.69, 9.17) is 0 Å². The Morgan fingerprint density at radius 3 is 2.58 bits per heavy atom. The molecule has 1 aromatic heterocycles. The lowest BCUT2D eigenvalue weighted by molar-refractivity contribution is 0.0606. The molecule has 0 atom stereocenters. The van der Waals surface area contributed by atoms with E-state index in [1.807, 2.05) is 0 Å². The van der Waals surface area contributed by atoms with Crippen molar-refractivity contribution in [3.63, 3.8) is 0 Å². The molecule has 0 bridgehead atoms. The molecule has 1 aromatic rings. The van der Waals surface area contributed by atoms with Gasteiger partial charge in [-0.15, -0.1) is 11.3 Å². The summed E-state index contributed by atoms with van der Waals surface area (Å²) in [5, 5.41) is 1.65. The van der Waals surface area contributed by atoms with Crippen LogP contribution in [0.4, 0.5) is 0 Å². The Hall–Kier alpha value is -1.16. The van der Waals surface area contributed by atoms with Crippen LogP contribution >= 0.6 is 11.3 Å². The molecular formula is C8H8O3S. The summed E-state index contributed by atoms with van der Waals surface area (Å²) < 4.78 is 4.49. The number of esters is 1. The summed E-state index contributed by atoms with van der Waals surface area (Å²) in [5.74, 6) is -0.436. The van der Waals surface area contributed by atoms with Gasteiger partial charge in [-0.2, -0.15) is 0 Å². The SMILES string of the molecule is COC(=O)c1cc(C(C)=O)cs1. The second-order valence-electron chi connectivity index (χ2n) is 2.25. The largest absolute Gasteiger partial charge is 0.465 e. The van der Waals surface area contributed by atoms with Gasteiger partial charge in [0.15, 0.2) is 5.78 Å². The van der Waals surface area contributed by atoms with Gasteiger partial charge in [0.25, 0.3) is 0 Å². The number of ketones is 1. The lowest BCUT2D eigenvalue weighted by atomic mass is 10.2. The highest BCUT2D eigenvalue weighted by Gasteiger charge is 2.10. The van der Waals surface area contributed by atoms with E-state index in [0.717, 1.165) is 0 Å². The van der Waals surface area contributed by atoms with E-state index < -0.39 is 5.97 Å². The van der Waals surface area contributed by atoms with Crippen LogP contribution in [0.3, 0.4) is 0 Å². The van der Waals surface area contributed by atoms with Gasteiger partial charge in [-0.3, -0.25) is 4.79 Å². The van der Waals surface area contributed by atoms with Crippen LogP contribution in [0.5, 0.6) is 0 Å². The Morgan fingerprint density at radius 1 is 1.50 bits per heavy atom. The van der Waals surface area contributed by atoms with E-state index in [1.165, 1.54) is 25.4 Å². The summed E-state index contributed by atoms with van der Waals surface area (Å²) >= 11 is 1.22. The fraction of sp³-hybridized carbons (Fsp3) is 0.250. The van der Waals surface area contributed by atoms with Gasteiger partial charge in [0.1, 0.15) is 4.88 Å². The third kappa shape index (κ3) is 1.71. The minimum atomic E-state index is -0.396. The van der Waals surface area contributed by atoms with Crippen LogP contribution in [0.25, 0.3) is 0 Å². The van der Waals surface area contributed by atoms with E-state index >= 15 is 0 Å². The number of methoxy groups -OCH3 is 1. The molecule has 0 aliphatic rings. The highest BCUT2D eigenvalue weighted by Crippen LogP contribution is 2.15. The lowest BCUT2D eigenvalue weighted by Gasteiger charge is -1.91. The minimum Gasteiger partial charge on any atom is -0.465 e. The maximum absolute atomic E-state index is 10.9. The molecule has 0 unspecified atom stereocenters. The van der Waals surface area contributed by atoms with Crippen molar-refractivity contribution in [3.8, 4) is 0 Å². The minimum absolute atomic E-state index is 0.0404. The molecule has 0 N–H and O–H groups in total. The van der Waals surface area contributed by atoms with Crippen LogP contribution in [0.1, 0.15) is 27.0 Å². The molecule has 0 amide bonds. The number of ether oxygens (including phenoxy) is 1. The molecule has 0 aliphatic carbocycles. The molecule has 0 radical (unpaired) electrons. The quantitative estimate of drug-likeness (QED) is 0.519. The van der Waals surface area contributed by atoms with Gasteiger partial charge < -0.3 is 4.74 Å². The van der Waals surface area contributed by atoms with Gasteiger partial charge in [-0.25, -0.2) is 4.79 Å². The molecule has 0 aromatic carbocycles. The summed E-state index contributed by atoms with van der Waals surface area (Å²) in [5.41, 5.74) is 0.556. The van der Waals surface area contributed by atoms with E-state index in [1.54, 1.807) is 11.4 Å². The molecule has 3 nitrogen and oxygen atoms in total. The number of carbonyl (C=O) groups is 2. The van der Waals surface area contributed by atoms with Crippen LogP contribution < -0.4 is 0 Å². The number of hydrogen-bond donors (Lipinski definition) is 0. The predicted octanol–water partition coefficient (Wildman–Crippen LogP) is 1.74. The Bertz CT molecular complexity index is 314. The Balaban J connectivity index is 2.91. The number of rotatable bonds is 2. The van der Waals surface area contributed by atoms with E-state index in [2.05, 4.69) is 4.74 Å². The highest BCUT2D eigenvalue weighted by atomic mass is 32.1. The molecule has 64 valence electrons. The van der Waals surface area contributed by atoms with Crippen LogP contribution in [0.15, 0.2) is 11.4 Å². The van der Waals surface area contributed by atoms with E-state index in [0.29, 0.717) is 10.4 Å². The molecule has 0 saturated carbocycles. The second kappa shape index (κ2) is 3.49. The van der Waals surface area contributed by atoms with Gasteiger partial charge in [0.05, 0.1) is 7.11 Å². The van der Waals surface area contributed by atoms with Crippen LogP contribution in [-0.4, -0.2) is 18.9 Å². The Kier molecular flexibility index (Phi) is 2.60. The molecule has 1 rings (SSSR count). The van der Waals surface area contributed by atoms with Gasteiger partial charge in [-0.05, 0) is 13.0 Å². The molecule has 0 fully saturated rings. The van der Waals surface area contributed by atoms with Crippen molar-refractivity contribution in [2.45, 2.75) is 6.92 Å². The van der Waals surface area contributed by atoms with Crippen molar-refractivity contribution in [2.24, 2.45) is 0 Å². The monoisotopic (exact) mass is 184 g/mol. The van der Waals surface area contributed by atoms with Crippen molar-refractivity contribution in [1.29, 1.82) is 0 Å². The summed E-state index contributed by atoms with van der Waals surface area (Å²) in [4.78, 5) is 22.2. The number of thiophene rings is 1. The highest BCUT2D eigenvalue weighted by molar-refractivity contribution is 7.12. The second-order valence-corrected chi connectivity index (χ2v) is 3.16. The third-order valence-corrected chi connectivity index (χ3v) is 2.30. The Labute approximate surface area is 74.0 Å². The van der Waals surface area contributed by atoms with Gasteiger partial charge in [0, 0.05) is 10.9 Å². The smallest absolute Gasteiger partial charge is 0.348 e. The zero-order chi connectivity index (χ0) is 9.14. The molecule has 4 heteroatoms. The van der Waals surface area contributed by atoms with E-state index in [-0.39, 0.29) is 5.78 Å². The first-order chi connectivity index (χ1) is 5.65. The van der Waals surface area contributed by atoms with Crippen molar-refractivity contribution < 1.29 is 14.3 Å². The fourth-order valence-electron chi connectivity index (χ4n) is 0.728. The molecule has 1 heterocycles. The summed E-state index contributed by atoms with van der Waals surface area (Å²) in [7, 11) is 1.31. The molecular weight excluding hydrogens is 176 g/mol. The zero-order valence-corrected chi connectivity index (χ0v) is 7.60. The molecule has 0 aliphatic heterocycles. The van der Waals surface area contributed by atoms with E-state index in [9.17, 15) is 9.59 Å². The van der Waals surface area contributed by atoms with Crippen molar-refractivity contribution in [3.05, 3.63) is 21.9 Å². The van der Waals surface area contributed by atoms with Crippen molar-refractivity contribution in [2.75, 3.05) is 7.11 Å². The predicted molar refractivity (Wildman–Crippen MR) is 45.7 cm³/mol. The summed E-state index contributed by atoms with van der Waals surface area (Å²) in [6, 6.07) is 1.54. The van der Waals surface area contributed by atoms with Gasteiger partial charge >= 0.3 is 5.97 Å². The topological polar surface area (TPSA) is 43.4 Å². The molecule has 12 heavy (non-hydrogen) atoms. The van der Waals surface area contributed by atoms with Gasteiger partial charge in [0.2, 0.25) is 0 Å². The first kappa shape index (κ1) is 8.93. The van der Waals surface area contributed by atoms with Crippen LogP contribution in [0.2, 0.25) is 0 Å². The molecule has 0 saturated heterocycles. The standard InChI is InChI=1S/C8H8O3S/c1-5(9)6-3-7(12-4-6)8(10)11-2/h3-4H,1-2H3. The average Bonchev–Trinajstić information content (AvgIpc) is 2.51. The van der Waals surface area contributed by atoms with Crippen LogP contribution in [-0.2, 0) is 4.74 Å². The normalized spacial score (nSPS) is 9.50. The Morgan fingerprint density at radius 2 is 2.17 bits per heavy atom. The van der Waals surface area contributed by atoms with Crippen molar-refractivity contribution in [1.82, 2.24) is 0 Å². The first-order valence-corrected chi connectivity index (χ1v) is 4.21. The lowest BCUT2D eigenvalue weighted by Crippen LogP contribution is -1.97. The maximum atomic E-state index is 10.9. The number of hydrogen-bond acceptors (Lipinski definition) is 4. The summed E-state index contributed by atoms with van der Waals surface area (Å²) in [6.45, 7) is 1.46. The fourth-order valence-corrected chi connectivity index (χ4v) is 1.59. The van der Waals surface area contributed by atoms with Crippen molar-refractivity contribution >= 4 is 23.1 Å². The summed E-state index contributed by atoms with van der Waals surface area (Å²) in [6.07, 6.45) is 0. The number of carbonyl (C=O) groups excluding carboxylic acids is 2. The molecule has 0 spiro atoms. The third-order valence-electron chi connectivity index (χ3n) is 1.39. The van der Waals surface area contributed by atoms with Gasteiger partial charge in [-0.1, -0.05) is 0 Å².